The molecule has 1 atom stereocenters. The minimum absolute atomic E-state index is 0.0862. The number of urea groups is 1. The number of carbonyl (C=O) groups is 2. The van der Waals surface area contributed by atoms with Crippen molar-refractivity contribution in [3.8, 4) is 16.2 Å². The summed E-state index contributed by atoms with van der Waals surface area (Å²) in [5.41, 5.74) is 0.0965. The summed E-state index contributed by atoms with van der Waals surface area (Å²) in [5, 5.41) is 6.79. The molecular weight excluding hydrogens is 288 g/mol. The first kappa shape index (κ1) is 13.6. The molecule has 1 fully saturated rings. The van der Waals surface area contributed by atoms with Crippen LogP contribution in [0.5, 0.6) is 5.75 Å². The van der Waals surface area contributed by atoms with Crippen LogP contribution in [-0.4, -0.2) is 24.1 Å². The monoisotopic (exact) mass is 302 g/mol. The molecule has 6 heteroatoms. The molecule has 2 heterocycles. The van der Waals surface area contributed by atoms with E-state index in [9.17, 15) is 9.59 Å². The van der Waals surface area contributed by atoms with Crippen LogP contribution in [-0.2, 0) is 4.79 Å². The second kappa shape index (κ2) is 5.21. The summed E-state index contributed by atoms with van der Waals surface area (Å²) >= 11 is 1.67. The molecule has 1 aliphatic rings. The number of hydrogen-bond donors (Lipinski definition) is 2. The van der Waals surface area contributed by atoms with E-state index in [1.54, 1.807) is 18.3 Å². The van der Waals surface area contributed by atoms with Crippen molar-refractivity contribution in [3.63, 3.8) is 0 Å². The van der Waals surface area contributed by atoms with Crippen LogP contribution < -0.4 is 15.4 Å². The highest BCUT2D eigenvalue weighted by molar-refractivity contribution is 7.13. The van der Waals surface area contributed by atoms with Gasteiger partial charge in [0, 0.05) is 4.88 Å². The molecule has 0 saturated carbocycles. The van der Waals surface area contributed by atoms with Gasteiger partial charge in [-0.25, -0.2) is 4.79 Å². The Hall–Kier alpha value is -2.34. The number of amides is 3. The molecule has 1 aromatic heterocycles. The van der Waals surface area contributed by atoms with E-state index < -0.39 is 11.6 Å². The molecule has 108 valence electrons. The van der Waals surface area contributed by atoms with Crippen LogP contribution in [0.4, 0.5) is 4.79 Å². The highest BCUT2D eigenvalue weighted by Crippen LogP contribution is 2.26. The topological polar surface area (TPSA) is 67.4 Å². The van der Waals surface area contributed by atoms with E-state index >= 15 is 0 Å². The second-order valence-corrected chi connectivity index (χ2v) is 5.98. The van der Waals surface area contributed by atoms with Gasteiger partial charge in [0.2, 0.25) is 0 Å². The van der Waals surface area contributed by atoms with Crippen LogP contribution in [0, 0.1) is 0 Å². The van der Waals surface area contributed by atoms with Crippen LogP contribution in [0.1, 0.15) is 6.92 Å². The highest BCUT2D eigenvalue weighted by atomic mass is 32.1. The van der Waals surface area contributed by atoms with Crippen molar-refractivity contribution in [1.29, 1.82) is 0 Å². The van der Waals surface area contributed by atoms with Gasteiger partial charge in [0.15, 0.2) is 5.54 Å². The Balaban J connectivity index is 1.66. The number of carbonyl (C=O) groups excluding carboxylic acids is 2. The third kappa shape index (κ3) is 2.75. The molecule has 2 N–H and O–H groups in total. The van der Waals surface area contributed by atoms with Crippen molar-refractivity contribution in [3.05, 3.63) is 41.8 Å². The van der Waals surface area contributed by atoms with Crippen LogP contribution in [0.15, 0.2) is 41.8 Å². The van der Waals surface area contributed by atoms with Gasteiger partial charge < -0.3 is 10.1 Å². The Morgan fingerprint density at radius 1 is 1.19 bits per heavy atom. The van der Waals surface area contributed by atoms with E-state index in [0.717, 1.165) is 5.56 Å². The molecule has 0 bridgehead atoms. The summed E-state index contributed by atoms with van der Waals surface area (Å²) in [5.74, 6) is 0.285. The van der Waals surface area contributed by atoms with E-state index in [4.69, 9.17) is 4.74 Å². The molecule has 1 aliphatic heterocycles. The molecule has 1 saturated heterocycles. The van der Waals surface area contributed by atoms with Crippen molar-refractivity contribution in [1.82, 2.24) is 10.6 Å². The molecule has 3 amide bonds. The quantitative estimate of drug-likeness (QED) is 0.852. The van der Waals surface area contributed by atoms with Crippen LogP contribution >= 0.6 is 11.3 Å². The molecule has 1 unspecified atom stereocenters. The molecular formula is C15H14N2O3S. The minimum Gasteiger partial charge on any atom is -0.491 e. The number of thiophene rings is 1. The summed E-state index contributed by atoms with van der Waals surface area (Å²) < 4.78 is 5.61. The van der Waals surface area contributed by atoms with Gasteiger partial charge >= 0.3 is 6.03 Å². The average Bonchev–Trinajstić information content (AvgIpc) is 3.07. The summed E-state index contributed by atoms with van der Waals surface area (Å²) in [6, 6.07) is 11.2. The molecule has 2 aromatic rings. The van der Waals surface area contributed by atoms with Crippen LogP contribution in [0.2, 0.25) is 0 Å². The summed E-state index contributed by atoms with van der Waals surface area (Å²) in [6.07, 6.45) is 0. The fourth-order valence-electron chi connectivity index (χ4n) is 2.07. The van der Waals surface area contributed by atoms with Crippen molar-refractivity contribution in [2.75, 3.05) is 6.61 Å². The lowest BCUT2D eigenvalue weighted by atomic mass is 10.1. The molecule has 0 radical (unpaired) electrons. The van der Waals surface area contributed by atoms with Gasteiger partial charge in [-0.15, -0.1) is 11.3 Å². The Kier molecular flexibility index (Phi) is 3.39. The number of nitrogens with one attached hydrogen (secondary N) is 2. The maximum atomic E-state index is 11.7. The largest absolute Gasteiger partial charge is 0.491 e. The second-order valence-electron chi connectivity index (χ2n) is 5.03. The van der Waals surface area contributed by atoms with E-state index in [2.05, 4.69) is 16.7 Å². The van der Waals surface area contributed by atoms with Crippen LogP contribution in [0.25, 0.3) is 10.4 Å². The van der Waals surface area contributed by atoms with Gasteiger partial charge in [-0.3, -0.25) is 10.1 Å². The standard InChI is InChI=1S/C15H14N2O3S/c1-15(13(18)16-14(19)17-15)9-20-11-6-4-10(5-7-11)12-3-2-8-21-12/h2-8H,9H2,1H3,(H2,16,17,18,19). The predicted octanol–water partition coefficient (Wildman–Crippen LogP) is 2.39. The van der Waals surface area contributed by atoms with E-state index in [0.29, 0.717) is 5.75 Å². The Labute approximate surface area is 125 Å². The van der Waals surface area contributed by atoms with E-state index in [1.807, 2.05) is 35.7 Å². The van der Waals surface area contributed by atoms with Gasteiger partial charge in [0.05, 0.1) is 0 Å². The van der Waals surface area contributed by atoms with Crippen molar-refractivity contribution in [2.24, 2.45) is 0 Å². The number of benzene rings is 1. The van der Waals surface area contributed by atoms with Gasteiger partial charge in [-0.05, 0) is 48.2 Å². The first-order valence-corrected chi connectivity index (χ1v) is 7.35. The zero-order valence-corrected chi connectivity index (χ0v) is 12.2. The molecule has 0 aliphatic carbocycles. The lowest BCUT2D eigenvalue weighted by Crippen LogP contribution is -2.48. The van der Waals surface area contributed by atoms with E-state index in [-0.39, 0.29) is 12.5 Å². The van der Waals surface area contributed by atoms with Crippen molar-refractivity contribution >= 4 is 23.3 Å². The van der Waals surface area contributed by atoms with Crippen molar-refractivity contribution in [2.45, 2.75) is 12.5 Å². The first-order chi connectivity index (χ1) is 10.1. The van der Waals surface area contributed by atoms with Gasteiger partial charge in [-0.2, -0.15) is 0 Å². The number of hydrogen-bond acceptors (Lipinski definition) is 4. The molecule has 3 rings (SSSR count). The van der Waals surface area contributed by atoms with Gasteiger partial charge in [-0.1, -0.05) is 6.07 Å². The Bertz CT molecular complexity index is 667. The summed E-state index contributed by atoms with van der Waals surface area (Å²) in [4.78, 5) is 24.0. The lowest BCUT2D eigenvalue weighted by Gasteiger charge is -2.20. The first-order valence-electron chi connectivity index (χ1n) is 6.47. The summed E-state index contributed by atoms with van der Waals surface area (Å²) in [6.45, 7) is 1.72. The molecule has 21 heavy (non-hydrogen) atoms. The minimum atomic E-state index is -1.02. The third-order valence-corrected chi connectivity index (χ3v) is 4.22. The average molecular weight is 302 g/mol. The maximum absolute atomic E-state index is 11.7. The Morgan fingerprint density at radius 3 is 2.52 bits per heavy atom. The fourth-order valence-corrected chi connectivity index (χ4v) is 2.80. The van der Waals surface area contributed by atoms with Gasteiger partial charge in [0.1, 0.15) is 12.4 Å². The molecule has 1 aromatic carbocycles. The van der Waals surface area contributed by atoms with Gasteiger partial charge in [0.25, 0.3) is 5.91 Å². The molecule has 0 spiro atoms. The number of imide groups is 1. The van der Waals surface area contributed by atoms with Crippen molar-refractivity contribution < 1.29 is 14.3 Å². The SMILES string of the molecule is CC1(COc2ccc(-c3cccs3)cc2)NC(=O)NC1=O. The number of rotatable bonds is 4. The van der Waals surface area contributed by atoms with Crippen LogP contribution in [0.3, 0.4) is 0 Å². The lowest BCUT2D eigenvalue weighted by molar-refractivity contribution is -0.124. The van der Waals surface area contributed by atoms with E-state index in [1.165, 1.54) is 4.88 Å². The number of ether oxygens (including phenoxy) is 1. The predicted molar refractivity (Wildman–Crippen MR) is 80.3 cm³/mol. The fraction of sp³-hybridized carbons (Fsp3) is 0.200. The third-order valence-electron chi connectivity index (χ3n) is 3.31. The summed E-state index contributed by atoms with van der Waals surface area (Å²) in [7, 11) is 0. The Morgan fingerprint density at radius 2 is 1.95 bits per heavy atom. The molecule has 5 nitrogen and oxygen atoms in total. The normalized spacial score (nSPS) is 21.0. The zero-order valence-electron chi connectivity index (χ0n) is 11.4. The maximum Gasteiger partial charge on any atom is 0.322 e. The highest BCUT2D eigenvalue weighted by Gasteiger charge is 2.42. The smallest absolute Gasteiger partial charge is 0.322 e. The zero-order chi connectivity index (χ0) is 14.9.